The monoisotopic (exact) mass is 872 g/mol. The third kappa shape index (κ3) is 8.43. The molecule has 62 heavy (non-hydrogen) atoms. The lowest BCUT2D eigenvalue weighted by Crippen LogP contribution is -2.55. The standard InChI is InChI=1S/C46H51F3N6O6S/c1-45(58)12-9-28(10-13-45)26-51-37-8-7-32(21-40(37)56)62(59,60)53-44(57)34-22-36(48)39(23-41(34)61-31-20-29-11-16-50-43(29)52-27-31)54-18-14-46(15-19-54)24-30(25-46)55-17-3-6-38(55)33-4-2-5-35(47)42(33)49/h2,4-5,7-8,11,16,20-23,27-28,30,38,51,56,58H,3,6,9-10,12-15,17-19,24-26H2,1H3,(H,50,52)(H,53,57)/t28?,38-,45?/m0/s1. The maximum atomic E-state index is 16.2. The number of hydrogen-bond acceptors (Lipinski definition) is 10. The van der Waals surface area contributed by atoms with Crippen LogP contribution in [0, 0.1) is 28.8 Å². The molecule has 5 N–H and O–H groups in total. The molecule has 2 saturated carbocycles. The summed E-state index contributed by atoms with van der Waals surface area (Å²) in [4.78, 5) is 25.1. The third-order valence-electron chi connectivity index (χ3n) is 13.8. The number of phenolic OH excluding ortho intramolecular Hbond substituents is 1. The number of aromatic nitrogens is 2. The first kappa shape index (κ1) is 42.0. The van der Waals surface area contributed by atoms with Crippen LogP contribution in [-0.2, 0) is 10.0 Å². The van der Waals surface area contributed by atoms with Gasteiger partial charge in [0.1, 0.15) is 28.7 Å². The summed E-state index contributed by atoms with van der Waals surface area (Å²) in [5.41, 5.74) is 0.553. The zero-order chi connectivity index (χ0) is 43.4. The summed E-state index contributed by atoms with van der Waals surface area (Å²) in [6, 6.07) is 14.1. The summed E-state index contributed by atoms with van der Waals surface area (Å²) >= 11 is 0. The molecule has 12 nitrogen and oxygen atoms in total. The zero-order valence-electron chi connectivity index (χ0n) is 34.5. The summed E-state index contributed by atoms with van der Waals surface area (Å²) in [7, 11) is -4.55. The lowest BCUT2D eigenvalue weighted by molar-refractivity contribution is -0.0232. The molecule has 1 spiro atoms. The van der Waals surface area contributed by atoms with Crippen LogP contribution in [-0.4, -0.2) is 77.2 Å². The predicted octanol–water partition coefficient (Wildman–Crippen LogP) is 8.54. The van der Waals surface area contributed by atoms with Crippen LogP contribution in [0.5, 0.6) is 17.2 Å². The predicted molar refractivity (Wildman–Crippen MR) is 228 cm³/mol. The average molecular weight is 873 g/mol. The van der Waals surface area contributed by atoms with Gasteiger partial charge in [-0.1, -0.05) is 12.1 Å². The molecule has 0 radical (unpaired) electrons. The number of likely N-dealkylation sites (tertiary alicyclic amines) is 1. The second kappa shape index (κ2) is 16.4. The number of aromatic hydroxyl groups is 1. The summed E-state index contributed by atoms with van der Waals surface area (Å²) < 4.78 is 80.5. The number of fused-ring (bicyclic) bond motifs is 1. The summed E-state index contributed by atoms with van der Waals surface area (Å²) in [5.74, 6) is -3.34. The fourth-order valence-electron chi connectivity index (χ4n) is 10.1. The number of phenols is 1. The molecule has 16 heteroatoms. The Hall–Kier alpha value is -5.32. The van der Waals surface area contributed by atoms with Crippen LogP contribution in [0.2, 0.25) is 0 Å². The topological polar surface area (TPSA) is 160 Å². The van der Waals surface area contributed by atoms with Gasteiger partial charge in [-0.2, -0.15) is 0 Å². The fourth-order valence-corrected chi connectivity index (χ4v) is 11.1. The molecule has 1 atom stereocenters. The lowest BCUT2D eigenvalue weighted by atomic mass is 9.60. The van der Waals surface area contributed by atoms with Gasteiger partial charge < -0.3 is 30.2 Å². The van der Waals surface area contributed by atoms with Crippen molar-refractivity contribution in [3.05, 3.63) is 102 Å². The molecule has 5 aromatic rings. The highest BCUT2D eigenvalue weighted by atomic mass is 32.2. The van der Waals surface area contributed by atoms with Gasteiger partial charge in [0.05, 0.1) is 33.6 Å². The van der Waals surface area contributed by atoms with Gasteiger partial charge in [-0.25, -0.2) is 31.3 Å². The van der Waals surface area contributed by atoms with Crippen LogP contribution in [0.15, 0.2) is 78.0 Å². The molecule has 4 fully saturated rings. The van der Waals surface area contributed by atoms with Gasteiger partial charge in [0, 0.05) is 61.0 Å². The smallest absolute Gasteiger partial charge is 0.268 e. The van der Waals surface area contributed by atoms with Crippen LogP contribution in [0.1, 0.15) is 93.1 Å². The van der Waals surface area contributed by atoms with Crippen molar-refractivity contribution >= 4 is 38.3 Å². The molecule has 9 rings (SSSR count). The number of nitrogens with zero attached hydrogens (tertiary/aromatic N) is 3. The van der Waals surface area contributed by atoms with Crippen molar-refractivity contribution in [1.29, 1.82) is 0 Å². The number of piperidine rings is 1. The SMILES string of the molecule is CC1(O)CCC(CNc2ccc(S(=O)(=O)NC(=O)c3cc(F)c(N4CCC5(CC4)CC(N4CCC[C@H]4c4cccc(F)c4F)C5)cc3Oc3cnc4[nH]ccc4c3)cc2O)CC1. The maximum Gasteiger partial charge on any atom is 0.268 e. The van der Waals surface area contributed by atoms with Crippen molar-refractivity contribution in [3.8, 4) is 17.2 Å². The minimum Gasteiger partial charge on any atom is -0.506 e. The molecule has 2 aliphatic carbocycles. The Balaban J connectivity index is 0.898. The number of pyridine rings is 1. The number of carbonyl (C=O) groups excluding carboxylic acids is 1. The van der Waals surface area contributed by atoms with Crippen molar-refractivity contribution in [2.75, 3.05) is 36.4 Å². The number of carbonyl (C=O) groups is 1. The number of sulfonamides is 1. The first-order valence-corrected chi connectivity index (χ1v) is 22.9. The molecular weight excluding hydrogens is 822 g/mol. The number of aliphatic hydroxyl groups is 1. The second-order valence-corrected chi connectivity index (χ2v) is 19.7. The van der Waals surface area contributed by atoms with Gasteiger partial charge in [0.25, 0.3) is 15.9 Å². The average Bonchev–Trinajstić information content (AvgIpc) is 3.91. The van der Waals surface area contributed by atoms with Crippen molar-refractivity contribution < 1.29 is 41.3 Å². The Bertz CT molecular complexity index is 2600. The minimum atomic E-state index is -4.55. The summed E-state index contributed by atoms with van der Waals surface area (Å²) in [5, 5.41) is 24.9. The molecule has 0 bridgehead atoms. The number of anilines is 2. The van der Waals surface area contributed by atoms with Gasteiger partial charge >= 0.3 is 0 Å². The number of halogens is 3. The first-order chi connectivity index (χ1) is 29.7. The molecule has 1 amide bonds. The summed E-state index contributed by atoms with van der Waals surface area (Å²) in [6.07, 6.45) is 11.2. The number of nitrogens with one attached hydrogen (secondary N) is 3. The first-order valence-electron chi connectivity index (χ1n) is 21.4. The van der Waals surface area contributed by atoms with Crippen molar-refractivity contribution in [3.63, 3.8) is 0 Å². The number of amides is 1. The van der Waals surface area contributed by atoms with Gasteiger partial charge in [-0.05, 0) is 125 Å². The normalized spacial score (nSPS) is 23.1. The van der Waals surface area contributed by atoms with E-state index in [9.17, 15) is 32.2 Å². The van der Waals surface area contributed by atoms with E-state index in [1.165, 1.54) is 24.4 Å². The lowest BCUT2D eigenvalue weighted by Gasteiger charge is -2.56. The van der Waals surface area contributed by atoms with Crippen molar-refractivity contribution in [1.82, 2.24) is 19.6 Å². The van der Waals surface area contributed by atoms with E-state index >= 15 is 4.39 Å². The third-order valence-corrected chi connectivity index (χ3v) is 15.1. The van der Waals surface area contributed by atoms with Crippen LogP contribution < -0.4 is 19.7 Å². The molecule has 2 aliphatic heterocycles. The van der Waals surface area contributed by atoms with Crippen LogP contribution >= 0.6 is 0 Å². The Labute approximate surface area is 358 Å². The zero-order valence-corrected chi connectivity index (χ0v) is 35.3. The fraction of sp³-hybridized carbons (Fsp3) is 0.435. The van der Waals surface area contributed by atoms with Crippen molar-refractivity contribution in [2.24, 2.45) is 11.3 Å². The molecule has 2 saturated heterocycles. The number of hydrogen-bond donors (Lipinski definition) is 5. The van der Waals surface area contributed by atoms with E-state index < -0.39 is 39.0 Å². The molecule has 328 valence electrons. The van der Waals surface area contributed by atoms with E-state index in [4.69, 9.17) is 4.74 Å². The van der Waals surface area contributed by atoms with E-state index in [0.717, 1.165) is 81.5 Å². The van der Waals surface area contributed by atoms with Crippen molar-refractivity contribution in [2.45, 2.75) is 93.7 Å². The maximum absolute atomic E-state index is 16.2. The highest BCUT2D eigenvalue weighted by Gasteiger charge is 2.50. The highest BCUT2D eigenvalue weighted by Crippen LogP contribution is 2.54. The molecule has 4 heterocycles. The number of rotatable bonds is 11. The Morgan fingerprint density at radius 3 is 2.50 bits per heavy atom. The quantitative estimate of drug-likeness (QED) is 0.0815. The molecule has 2 aromatic heterocycles. The van der Waals surface area contributed by atoms with E-state index in [1.807, 2.05) is 16.5 Å². The van der Waals surface area contributed by atoms with Gasteiger partial charge in [-0.15, -0.1) is 0 Å². The Morgan fingerprint density at radius 1 is 0.968 bits per heavy atom. The van der Waals surface area contributed by atoms with E-state index in [0.29, 0.717) is 49.4 Å². The van der Waals surface area contributed by atoms with Gasteiger partial charge in [0.15, 0.2) is 11.6 Å². The Kier molecular flexibility index (Phi) is 11.1. The van der Waals surface area contributed by atoms with E-state index in [2.05, 4.69) is 20.2 Å². The number of aromatic amines is 1. The number of benzene rings is 3. The number of H-pyrrole nitrogens is 1. The van der Waals surface area contributed by atoms with Crippen LogP contribution in [0.4, 0.5) is 24.5 Å². The number of ether oxygens (including phenoxy) is 1. The molecule has 0 unspecified atom stereocenters. The molecule has 4 aliphatic rings. The van der Waals surface area contributed by atoms with E-state index in [1.54, 1.807) is 30.5 Å². The largest absolute Gasteiger partial charge is 0.506 e. The van der Waals surface area contributed by atoms with Crippen LogP contribution in [0.25, 0.3) is 11.0 Å². The Morgan fingerprint density at radius 2 is 1.74 bits per heavy atom. The van der Waals surface area contributed by atoms with Gasteiger partial charge in [-0.3, -0.25) is 9.69 Å². The minimum absolute atomic E-state index is 0.0393. The molecular formula is C46H51F3N6O6S. The van der Waals surface area contributed by atoms with Crippen LogP contribution in [0.3, 0.4) is 0 Å². The highest BCUT2D eigenvalue weighted by molar-refractivity contribution is 7.90. The van der Waals surface area contributed by atoms with E-state index in [-0.39, 0.29) is 56.8 Å². The molecule has 3 aromatic carbocycles. The van der Waals surface area contributed by atoms with Gasteiger partial charge in [0.2, 0.25) is 0 Å². The second-order valence-electron chi connectivity index (χ2n) is 18.0. The summed E-state index contributed by atoms with van der Waals surface area (Å²) in [6.45, 7) is 4.24.